The van der Waals surface area contributed by atoms with E-state index >= 15 is 0 Å². The zero-order valence-corrected chi connectivity index (χ0v) is 20.7. The average Bonchev–Trinajstić information content (AvgIpc) is 3.39. The number of nitrogens with one attached hydrogen (secondary N) is 1. The van der Waals surface area contributed by atoms with Gasteiger partial charge in [-0.3, -0.25) is 4.79 Å². The van der Waals surface area contributed by atoms with E-state index in [0.717, 1.165) is 29.6 Å². The van der Waals surface area contributed by atoms with Crippen molar-refractivity contribution in [3.8, 4) is 11.0 Å². The van der Waals surface area contributed by atoms with Crippen LogP contribution in [0.1, 0.15) is 33.6 Å². The van der Waals surface area contributed by atoms with Crippen LogP contribution in [0.4, 0.5) is 10.5 Å². The Labute approximate surface area is 202 Å². The van der Waals surface area contributed by atoms with Crippen molar-refractivity contribution < 1.29 is 23.8 Å². The molecule has 1 fully saturated rings. The Morgan fingerprint density at radius 3 is 2.68 bits per heavy atom. The van der Waals surface area contributed by atoms with Crippen LogP contribution in [0.25, 0.3) is 16.7 Å². The number of carbonyl (C=O) groups excluding carboxylic acids is 2. The zero-order valence-electron chi connectivity index (χ0n) is 19.9. The van der Waals surface area contributed by atoms with Crippen LogP contribution in [0.15, 0.2) is 35.8 Å². The van der Waals surface area contributed by atoms with Crippen LogP contribution in [-0.2, 0) is 14.3 Å². The number of amides is 2. The fourth-order valence-electron chi connectivity index (χ4n) is 3.79. The number of methoxy groups -OCH3 is 1. The van der Waals surface area contributed by atoms with Gasteiger partial charge in [-0.15, -0.1) is 0 Å². The van der Waals surface area contributed by atoms with Gasteiger partial charge in [-0.25, -0.2) is 4.79 Å². The number of nitrogens with zero attached hydrogens (tertiary/aromatic N) is 3. The van der Waals surface area contributed by atoms with Crippen LogP contribution in [0.2, 0.25) is 0 Å². The maximum absolute atomic E-state index is 12.2. The molecule has 1 aromatic carbocycles. The average molecular weight is 487 g/mol. The number of likely N-dealkylation sites (tertiary alicyclic amines) is 1. The van der Waals surface area contributed by atoms with Gasteiger partial charge in [-0.05, 0) is 45.0 Å². The van der Waals surface area contributed by atoms with Crippen molar-refractivity contribution in [3.05, 3.63) is 35.8 Å². The van der Waals surface area contributed by atoms with Gasteiger partial charge in [0.25, 0.3) is 5.19 Å². The quantitative estimate of drug-likeness (QED) is 0.553. The van der Waals surface area contributed by atoms with Crippen molar-refractivity contribution >= 4 is 39.9 Å². The lowest BCUT2D eigenvalue weighted by Gasteiger charge is -2.33. The van der Waals surface area contributed by atoms with Gasteiger partial charge in [-0.2, -0.15) is 4.98 Å². The zero-order chi connectivity index (χ0) is 24.3. The molecular formula is C24H30N4O5S. The van der Waals surface area contributed by atoms with Crippen LogP contribution in [0.5, 0.6) is 5.19 Å². The Bertz CT molecular complexity index is 1160. The lowest BCUT2D eigenvalue weighted by Crippen LogP contribution is -2.44. The summed E-state index contributed by atoms with van der Waals surface area (Å²) in [7, 11) is 1.49. The van der Waals surface area contributed by atoms with Crippen LogP contribution in [0.3, 0.4) is 0 Å². The number of fused-ring (bicyclic) bond motifs is 1. The molecule has 0 bridgehead atoms. The Morgan fingerprint density at radius 2 is 1.97 bits per heavy atom. The predicted molar refractivity (Wildman–Crippen MR) is 131 cm³/mol. The summed E-state index contributed by atoms with van der Waals surface area (Å²) in [6, 6.07) is 7.70. The summed E-state index contributed by atoms with van der Waals surface area (Å²) in [5.41, 5.74) is 1.20. The number of hydrogen-bond acceptors (Lipinski definition) is 7. The number of benzene rings is 1. The van der Waals surface area contributed by atoms with Gasteiger partial charge in [0, 0.05) is 55.7 Å². The third kappa shape index (κ3) is 5.87. The molecule has 1 saturated heterocycles. The van der Waals surface area contributed by atoms with E-state index in [2.05, 4.69) is 10.3 Å². The number of anilines is 1. The predicted octanol–water partition coefficient (Wildman–Crippen LogP) is 4.45. The van der Waals surface area contributed by atoms with Gasteiger partial charge in [0.2, 0.25) is 5.91 Å². The molecule has 0 radical (unpaired) electrons. The van der Waals surface area contributed by atoms with E-state index in [0.29, 0.717) is 24.0 Å². The van der Waals surface area contributed by atoms with Crippen LogP contribution < -0.4 is 10.1 Å². The van der Waals surface area contributed by atoms with Crippen molar-refractivity contribution in [2.45, 2.75) is 45.3 Å². The Morgan fingerprint density at radius 1 is 1.21 bits per heavy atom. The molecule has 3 heterocycles. The van der Waals surface area contributed by atoms with Crippen molar-refractivity contribution in [1.82, 2.24) is 14.5 Å². The van der Waals surface area contributed by atoms with Crippen molar-refractivity contribution in [1.29, 1.82) is 0 Å². The van der Waals surface area contributed by atoms with Crippen LogP contribution in [-0.4, -0.2) is 65.0 Å². The van der Waals surface area contributed by atoms with E-state index in [1.807, 2.05) is 61.2 Å². The summed E-state index contributed by atoms with van der Waals surface area (Å²) >= 11 is 1.45. The standard InChI is InChI=1S/C24H30N4O5S/c1-24(2,3)33-23(30)27-10-8-18(9-11-27)32-22-26-20(15-34-22)28-12-7-16-13-17(5-6-19(16)28)25-21(29)14-31-4/h5-7,12-13,15,18H,8-11,14H2,1-4H3,(H,25,29). The molecule has 34 heavy (non-hydrogen) atoms. The number of ether oxygens (including phenoxy) is 3. The molecule has 182 valence electrons. The molecular weight excluding hydrogens is 456 g/mol. The molecule has 0 aliphatic carbocycles. The number of hydrogen-bond donors (Lipinski definition) is 1. The molecule has 4 rings (SSSR count). The van der Waals surface area contributed by atoms with Gasteiger partial charge in [0.15, 0.2) is 5.82 Å². The first-order valence-electron chi connectivity index (χ1n) is 11.2. The first-order valence-corrected chi connectivity index (χ1v) is 12.1. The maximum Gasteiger partial charge on any atom is 0.410 e. The van der Waals surface area contributed by atoms with E-state index in [1.54, 1.807) is 4.90 Å². The highest BCUT2D eigenvalue weighted by atomic mass is 32.1. The molecule has 10 heteroatoms. The Kier molecular flexibility index (Phi) is 7.08. The van der Waals surface area contributed by atoms with Crippen LogP contribution in [0, 0.1) is 0 Å². The summed E-state index contributed by atoms with van der Waals surface area (Å²) in [4.78, 5) is 30.4. The van der Waals surface area contributed by atoms with Crippen molar-refractivity contribution in [3.63, 3.8) is 0 Å². The lowest BCUT2D eigenvalue weighted by atomic mass is 10.1. The summed E-state index contributed by atoms with van der Waals surface area (Å²) < 4.78 is 18.4. The molecule has 2 amide bonds. The van der Waals surface area contributed by atoms with E-state index in [1.165, 1.54) is 18.4 Å². The molecule has 0 saturated carbocycles. The molecule has 0 unspecified atom stereocenters. The number of carbonyl (C=O) groups is 2. The Balaban J connectivity index is 1.36. The van der Waals surface area contributed by atoms with Crippen LogP contribution >= 0.6 is 11.3 Å². The molecule has 1 aliphatic rings. The SMILES string of the molecule is COCC(=O)Nc1ccc2c(ccn2-c2csc(OC3CCN(C(=O)OC(C)(C)C)CC3)n2)c1. The summed E-state index contributed by atoms with van der Waals surface area (Å²) in [6.07, 6.45) is 3.15. The minimum atomic E-state index is -0.496. The normalized spacial score (nSPS) is 14.9. The molecule has 2 aromatic heterocycles. The molecule has 3 aromatic rings. The molecule has 0 atom stereocenters. The second kappa shape index (κ2) is 10.0. The summed E-state index contributed by atoms with van der Waals surface area (Å²) in [5.74, 6) is 0.580. The highest BCUT2D eigenvalue weighted by Crippen LogP contribution is 2.29. The second-order valence-electron chi connectivity index (χ2n) is 9.20. The maximum atomic E-state index is 12.2. The topological polar surface area (TPSA) is 94.9 Å². The van der Waals surface area contributed by atoms with E-state index < -0.39 is 5.60 Å². The third-order valence-electron chi connectivity index (χ3n) is 5.33. The molecule has 1 N–H and O–H groups in total. The number of rotatable bonds is 6. The number of thiazole rings is 1. The monoisotopic (exact) mass is 486 g/mol. The van der Waals surface area contributed by atoms with Crippen molar-refractivity contribution in [2.75, 3.05) is 32.1 Å². The largest absolute Gasteiger partial charge is 0.467 e. The van der Waals surface area contributed by atoms with Crippen molar-refractivity contribution in [2.24, 2.45) is 0 Å². The Hall–Kier alpha value is -3.11. The van der Waals surface area contributed by atoms with Gasteiger partial charge in [0.05, 0.1) is 5.52 Å². The smallest absolute Gasteiger partial charge is 0.410 e. The summed E-state index contributed by atoms with van der Waals surface area (Å²) in [5, 5.41) is 6.37. The molecule has 9 nitrogen and oxygen atoms in total. The minimum Gasteiger partial charge on any atom is -0.467 e. The van der Waals surface area contributed by atoms with Gasteiger partial charge < -0.3 is 29.0 Å². The minimum absolute atomic E-state index is 0.0114. The second-order valence-corrected chi connectivity index (χ2v) is 10.0. The van der Waals surface area contributed by atoms with Gasteiger partial charge in [-0.1, -0.05) is 11.3 Å². The third-order valence-corrected chi connectivity index (χ3v) is 6.05. The first kappa shape index (κ1) is 24.0. The molecule has 1 aliphatic heterocycles. The fraction of sp³-hybridized carbons (Fsp3) is 0.458. The number of aromatic nitrogens is 2. The first-order chi connectivity index (χ1) is 16.2. The van der Waals surface area contributed by atoms with E-state index in [9.17, 15) is 9.59 Å². The fourth-order valence-corrected chi connectivity index (χ4v) is 4.50. The van der Waals surface area contributed by atoms with Gasteiger partial charge >= 0.3 is 6.09 Å². The molecule has 0 spiro atoms. The lowest BCUT2D eigenvalue weighted by molar-refractivity contribution is -0.119. The van der Waals surface area contributed by atoms with Gasteiger partial charge in [0.1, 0.15) is 18.3 Å². The van der Waals surface area contributed by atoms with E-state index in [4.69, 9.17) is 14.2 Å². The van der Waals surface area contributed by atoms with E-state index in [-0.39, 0.29) is 24.7 Å². The highest BCUT2D eigenvalue weighted by Gasteiger charge is 2.28. The summed E-state index contributed by atoms with van der Waals surface area (Å²) in [6.45, 7) is 6.82. The highest BCUT2D eigenvalue weighted by molar-refractivity contribution is 7.11. The number of piperidine rings is 1.